The van der Waals surface area contributed by atoms with Crippen LogP contribution in [0.1, 0.15) is 63.4 Å². The Kier molecular flexibility index (Phi) is 9.74. The Labute approximate surface area is 245 Å². The number of hydrogen-bond acceptors (Lipinski definition) is 9. The van der Waals surface area contributed by atoms with E-state index in [9.17, 15) is 19.2 Å². The Morgan fingerprint density at radius 3 is 2.49 bits per heavy atom. The average molecular weight is 598 g/mol. The Morgan fingerprint density at radius 1 is 0.976 bits per heavy atom. The molecule has 0 saturated carbocycles. The number of halogens is 1. The molecule has 2 aromatic carbocycles. The van der Waals surface area contributed by atoms with Crippen LogP contribution in [0.5, 0.6) is 11.5 Å². The molecule has 0 saturated heterocycles. The van der Waals surface area contributed by atoms with Crippen LogP contribution in [0.2, 0.25) is 5.02 Å². The molecule has 0 unspecified atom stereocenters. The van der Waals surface area contributed by atoms with E-state index in [2.05, 4.69) is 15.8 Å². The quantitative estimate of drug-likeness (QED) is 0.120. The van der Waals surface area contributed by atoms with E-state index >= 15 is 0 Å². The predicted octanol–water partition coefficient (Wildman–Crippen LogP) is 5.16. The van der Waals surface area contributed by atoms with Crippen LogP contribution < -0.4 is 20.2 Å². The third-order valence-corrected chi connectivity index (χ3v) is 7.70. The number of benzene rings is 2. The number of methoxy groups -OCH3 is 1. The van der Waals surface area contributed by atoms with Gasteiger partial charge in [-0.3, -0.25) is 9.59 Å². The SMILES string of the molecule is CCOC(=O)c1c(NC(=O)C(=O)N/N=C(\C)c2ccc(OC(=O)c3cccc(Cl)c3)c(OC)c2)sc2c1CCCC2. The predicted molar refractivity (Wildman–Crippen MR) is 155 cm³/mol. The fourth-order valence-corrected chi connectivity index (χ4v) is 5.70. The smallest absolute Gasteiger partial charge is 0.343 e. The third kappa shape index (κ3) is 7.11. The molecule has 0 spiro atoms. The number of amides is 2. The minimum Gasteiger partial charge on any atom is -0.493 e. The second kappa shape index (κ2) is 13.4. The summed E-state index contributed by atoms with van der Waals surface area (Å²) in [6.07, 6.45) is 3.45. The number of ether oxygens (including phenoxy) is 3. The van der Waals surface area contributed by atoms with Crippen molar-refractivity contribution in [2.75, 3.05) is 19.0 Å². The molecule has 41 heavy (non-hydrogen) atoms. The van der Waals surface area contributed by atoms with Gasteiger partial charge in [0.15, 0.2) is 11.5 Å². The van der Waals surface area contributed by atoms with Gasteiger partial charge in [0.1, 0.15) is 5.00 Å². The van der Waals surface area contributed by atoms with E-state index in [0.717, 1.165) is 29.7 Å². The summed E-state index contributed by atoms with van der Waals surface area (Å²) in [5, 5.41) is 7.27. The number of aryl methyl sites for hydroxylation is 1. The zero-order chi connectivity index (χ0) is 29.5. The molecule has 12 heteroatoms. The highest BCUT2D eigenvalue weighted by Gasteiger charge is 2.28. The molecule has 2 N–H and O–H groups in total. The van der Waals surface area contributed by atoms with Crippen molar-refractivity contribution in [3.63, 3.8) is 0 Å². The van der Waals surface area contributed by atoms with Crippen LogP contribution in [0.25, 0.3) is 0 Å². The van der Waals surface area contributed by atoms with Gasteiger partial charge in [-0.05, 0) is 81.5 Å². The van der Waals surface area contributed by atoms with E-state index in [-0.39, 0.29) is 23.7 Å². The summed E-state index contributed by atoms with van der Waals surface area (Å²) in [6, 6.07) is 11.1. The molecule has 4 rings (SSSR count). The molecule has 1 aromatic heterocycles. The normalized spacial score (nSPS) is 12.6. The lowest BCUT2D eigenvalue weighted by molar-refractivity contribution is -0.136. The average Bonchev–Trinajstić information content (AvgIpc) is 3.33. The first kappa shape index (κ1) is 29.8. The molecular formula is C29H28ClN3O7S. The molecule has 2 amide bonds. The summed E-state index contributed by atoms with van der Waals surface area (Å²) >= 11 is 7.24. The maximum Gasteiger partial charge on any atom is 0.343 e. The number of esters is 2. The van der Waals surface area contributed by atoms with Crippen LogP contribution in [-0.2, 0) is 27.2 Å². The van der Waals surface area contributed by atoms with Crippen molar-refractivity contribution >= 4 is 57.4 Å². The van der Waals surface area contributed by atoms with Gasteiger partial charge in [0.05, 0.1) is 30.6 Å². The van der Waals surface area contributed by atoms with Crippen LogP contribution in [0, 0.1) is 0 Å². The Balaban J connectivity index is 1.44. The number of anilines is 1. The molecule has 1 heterocycles. The van der Waals surface area contributed by atoms with Crippen molar-refractivity contribution in [2.24, 2.45) is 5.10 Å². The van der Waals surface area contributed by atoms with Crippen molar-refractivity contribution in [3.8, 4) is 11.5 Å². The molecule has 0 bridgehead atoms. The lowest BCUT2D eigenvalue weighted by atomic mass is 9.95. The largest absolute Gasteiger partial charge is 0.493 e. The van der Waals surface area contributed by atoms with Gasteiger partial charge in [-0.1, -0.05) is 17.7 Å². The van der Waals surface area contributed by atoms with Gasteiger partial charge >= 0.3 is 23.8 Å². The second-order valence-corrected chi connectivity index (χ2v) is 10.5. The number of thiophene rings is 1. The molecule has 1 aliphatic rings. The first-order chi connectivity index (χ1) is 19.7. The van der Waals surface area contributed by atoms with Crippen molar-refractivity contribution in [1.82, 2.24) is 5.43 Å². The number of fused-ring (bicyclic) bond motifs is 1. The van der Waals surface area contributed by atoms with Gasteiger partial charge in [0, 0.05) is 15.5 Å². The molecule has 1 aliphatic carbocycles. The van der Waals surface area contributed by atoms with E-state index in [1.54, 1.807) is 44.2 Å². The number of hydrogen-bond donors (Lipinski definition) is 2. The number of carbonyl (C=O) groups excluding carboxylic acids is 4. The summed E-state index contributed by atoms with van der Waals surface area (Å²) < 4.78 is 16.0. The van der Waals surface area contributed by atoms with E-state index < -0.39 is 23.8 Å². The van der Waals surface area contributed by atoms with E-state index in [1.165, 1.54) is 30.6 Å². The minimum atomic E-state index is -1.01. The number of nitrogens with zero attached hydrogens (tertiary/aromatic N) is 1. The zero-order valence-electron chi connectivity index (χ0n) is 22.7. The van der Waals surface area contributed by atoms with Crippen LogP contribution in [0.4, 0.5) is 5.00 Å². The topological polar surface area (TPSA) is 132 Å². The van der Waals surface area contributed by atoms with Crippen molar-refractivity contribution in [3.05, 3.63) is 74.6 Å². The maximum atomic E-state index is 12.7. The summed E-state index contributed by atoms with van der Waals surface area (Å²) in [5.41, 5.74) is 4.60. The van der Waals surface area contributed by atoms with E-state index in [0.29, 0.717) is 33.3 Å². The highest BCUT2D eigenvalue weighted by atomic mass is 35.5. The summed E-state index contributed by atoms with van der Waals surface area (Å²) in [5.74, 6) is -2.68. The molecule has 0 fully saturated rings. The lowest BCUT2D eigenvalue weighted by Crippen LogP contribution is -2.33. The van der Waals surface area contributed by atoms with Crippen molar-refractivity contribution in [2.45, 2.75) is 39.5 Å². The molecule has 3 aromatic rings. The number of rotatable bonds is 8. The second-order valence-electron chi connectivity index (χ2n) is 8.99. The van der Waals surface area contributed by atoms with E-state index in [1.807, 2.05) is 0 Å². The fourth-order valence-electron chi connectivity index (χ4n) is 4.23. The van der Waals surface area contributed by atoms with Gasteiger partial charge in [0.2, 0.25) is 0 Å². The number of hydrazone groups is 1. The molecule has 214 valence electrons. The number of nitrogens with one attached hydrogen (secondary N) is 2. The Hall–Kier alpha value is -4.22. The van der Waals surface area contributed by atoms with Gasteiger partial charge in [-0.25, -0.2) is 15.0 Å². The highest BCUT2D eigenvalue weighted by molar-refractivity contribution is 7.17. The van der Waals surface area contributed by atoms with Gasteiger partial charge in [0.25, 0.3) is 0 Å². The molecule has 0 aliphatic heterocycles. The summed E-state index contributed by atoms with van der Waals surface area (Å²) in [4.78, 5) is 51.4. The Morgan fingerprint density at radius 2 is 1.76 bits per heavy atom. The van der Waals surface area contributed by atoms with Gasteiger partial charge in [-0.15, -0.1) is 11.3 Å². The zero-order valence-corrected chi connectivity index (χ0v) is 24.2. The first-order valence-corrected chi connectivity index (χ1v) is 14.0. The molecular weight excluding hydrogens is 570 g/mol. The summed E-state index contributed by atoms with van der Waals surface area (Å²) in [6.45, 7) is 3.53. The Bertz CT molecular complexity index is 1530. The van der Waals surface area contributed by atoms with Crippen LogP contribution in [0.15, 0.2) is 47.6 Å². The first-order valence-electron chi connectivity index (χ1n) is 12.8. The van der Waals surface area contributed by atoms with Crippen LogP contribution in [-0.4, -0.2) is 43.2 Å². The number of carbonyl (C=O) groups is 4. The highest BCUT2D eigenvalue weighted by Crippen LogP contribution is 2.38. The molecule has 0 radical (unpaired) electrons. The summed E-state index contributed by atoms with van der Waals surface area (Å²) in [7, 11) is 1.42. The van der Waals surface area contributed by atoms with Crippen LogP contribution in [0.3, 0.4) is 0 Å². The standard InChI is InChI=1S/C29H28ClN3O7S/c1-4-39-29(37)24-20-10-5-6-11-23(20)41-27(24)31-25(34)26(35)33-32-16(2)17-12-13-21(22(15-17)38-3)40-28(36)18-8-7-9-19(30)14-18/h7-9,12-15H,4-6,10-11H2,1-3H3,(H,31,34)(H,33,35)/b32-16+. The van der Waals surface area contributed by atoms with Crippen LogP contribution >= 0.6 is 22.9 Å². The molecule has 10 nitrogen and oxygen atoms in total. The fraction of sp³-hybridized carbons (Fsp3) is 0.276. The maximum absolute atomic E-state index is 12.7. The van der Waals surface area contributed by atoms with E-state index in [4.69, 9.17) is 25.8 Å². The van der Waals surface area contributed by atoms with Crippen molar-refractivity contribution in [1.29, 1.82) is 0 Å². The van der Waals surface area contributed by atoms with Crippen molar-refractivity contribution < 1.29 is 33.4 Å². The lowest BCUT2D eigenvalue weighted by Gasteiger charge is -2.12. The van der Waals surface area contributed by atoms with Gasteiger partial charge < -0.3 is 19.5 Å². The monoisotopic (exact) mass is 597 g/mol. The van der Waals surface area contributed by atoms with Gasteiger partial charge in [-0.2, -0.15) is 5.10 Å². The molecule has 0 atom stereocenters. The minimum absolute atomic E-state index is 0.175. The third-order valence-electron chi connectivity index (χ3n) is 6.25.